The van der Waals surface area contributed by atoms with Gasteiger partial charge in [-0.15, -0.1) is 0 Å². The van der Waals surface area contributed by atoms with Gasteiger partial charge < -0.3 is 19.9 Å². The minimum absolute atomic E-state index is 0.0395. The summed E-state index contributed by atoms with van der Waals surface area (Å²) >= 11 is 0. The van der Waals surface area contributed by atoms with Crippen molar-refractivity contribution in [1.29, 1.82) is 0 Å². The van der Waals surface area contributed by atoms with Crippen LogP contribution < -0.4 is 10.6 Å². The van der Waals surface area contributed by atoms with Crippen LogP contribution in [0, 0.1) is 0 Å². The summed E-state index contributed by atoms with van der Waals surface area (Å²) in [5.74, 6) is 0.827. The minimum atomic E-state index is -0.267. The number of benzene rings is 1. The number of nitrogens with one attached hydrogen (secondary N) is 2. The van der Waals surface area contributed by atoms with Crippen LogP contribution in [0.5, 0.6) is 0 Å². The smallest absolute Gasteiger partial charge is 0.239 e. The molecule has 1 aliphatic rings. The highest BCUT2D eigenvalue weighted by atomic mass is 16.5. The lowest BCUT2D eigenvalue weighted by molar-refractivity contribution is -0.126. The first kappa shape index (κ1) is 15.7. The molecule has 1 unspecified atom stereocenters. The summed E-state index contributed by atoms with van der Waals surface area (Å²) in [7, 11) is 0. The van der Waals surface area contributed by atoms with E-state index in [-0.39, 0.29) is 11.9 Å². The molecule has 23 heavy (non-hydrogen) atoms. The SMILES string of the molecule is O=C(NCc1nccn1CCc1ccccc1)C1COCCN1. The van der Waals surface area contributed by atoms with Crippen molar-refractivity contribution in [2.24, 2.45) is 0 Å². The second-order valence-electron chi connectivity index (χ2n) is 5.57. The van der Waals surface area contributed by atoms with Gasteiger partial charge in [-0.1, -0.05) is 30.3 Å². The monoisotopic (exact) mass is 314 g/mol. The van der Waals surface area contributed by atoms with Gasteiger partial charge in [-0.3, -0.25) is 4.79 Å². The second kappa shape index (κ2) is 7.89. The molecular weight excluding hydrogens is 292 g/mol. The second-order valence-corrected chi connectivity index (χ2v) is 5.57. The number of amides is 1. The summed E-state index contributed by atoms with van der Waals surface area (Å²) < 4.78 is 7.39. The van der Waals surface area contributed by atoms with E-state index in [9.17, 15) is 4.79 Å². The van der Waals surface area contributed by atoms with Crippen LogP contribution >= 0.6 is 0 Å². The van der Waals surface area contributed by atoms with E-state index in [1.54, 1.807) is 6.20 Å². The van der Waals surface area contributed by atoms with E-state index in [1.165, 1.54) is 5.56 Å². The Labute approximate surface area is 135 Å². The molecule has 6 heteroatoms. The molecule has 0 saturated carbocycles. The fraction of sp³-hybridized carbons (Fsp3) is 0.412. The number of ether oxygens (including phenoxy) is 1. The maximum atomic E-state index is 12.1. The Bertz CT molecular complexity index is 621. The highest BCUT2D eigenvalue weighted by molar-refractivity contribution is 5.81. The maximum Gasteiger partial charge on any atom is 0.239 e. The van der Waals surface area contributed by atoms with Crippen LogP contribution in [0.2, 0.25) is 0 Å². The summed E-state index contributed by atoms with van der Waals surface area (Å²) in [6.45, 7) is 3.07. The fourth-order valence-corrected chi connectivity index (χ4v) is 2.63. The summed E-state index contributed by atoms with van der Waals surface area (Å²) in [5.41, 5.74) is 1.29. The van der Waals surface area contributed by atoms with Crippen LogP contribution in [-0.4, -0.2) is 41.3 Å². The summed E-state index contributed by atoms with van der Waals surface area (Å²) in [6.07, 6.45) is 4.66. The number of morpholine rings is 1. The first-order valence-electron chi connectivity index (χ1n) is 7.96. The van der Waals surface area contributed by atoms with Crippen molar-refractivity contribution < 1.29 is 9.53 Å². The third-order valence-electron chi connectivity index (χ3n) is 3.94. The molecule has 3 rings (SSSR count). The zero-order chi connectivity index (χ0) is 15.9. The molecule has 1 atom stereocenters. The van der Waals surface area contributed by atoms with Crippen molar-refractivity contribution >= 4 is 5.91 Å². The van der Waals surface area contributed by atoms with Crippen LogP contribution in [0.25, 0.3) is 0 Å². The quantitative estimate of drug-likeness (QED) is 0.825. The zero-order valence-corrected chi connectivity index (χ0v) is 13.1. The Morgan fingerprint density at radius 2 is 2.26 bits per heavy atom. The average Bonchev–Trinajstić information content (AvgIpc) is 3.07. The average molecular weight is 314 g/mol. The molecule has 0 aliphatic carbocycles. The van der Waals surface area contributed by atoms with Crippen molar-refractivity contribution in [3.8, 4) is 0 Å². The summed E-state index contributed by atoms with van der Waals surface area (Å²) in [4.78, 5) is 16.4. The van der Waals surface area contributed by atoms with E-state index in [0.29, 0.717) is 26.3 Å². The molecule has 1 aromatic heterocycles. The first-order valence-corrected chi connectivity index (χ1v) is 7.96. The van der Waals surface area contributed by atoms with Crippen molar-refractivity contribution in [1.82, 2.24) is 20.2 Å². The van der Waals surface area contributed by atoms with Crippen molar-refractivity contribution in [2.75, 3.05) is 19.8 Å². The van der Waals surface area contributed by atoms with Gasteiger partial charge in [-0.25, -0.2) is 4.98 Å². The lowest BCUT2D eigenvalue weighted by Crippen LogP contribution is -2.51. The normalized spacial score (nSPS) is 17.8. The number of aromatic nitrogens is 2. The molecule has 1 saturated heterocycles. The zero-order valence-electron chi connectivity index (χ0n) is 13.1. The number of carbonyl (C=O) groups excluding carboxylic acids is 1. The van der Waals surface area contributed by atoms with Gasteiger partial charge in [-0.05, 0) is 12.0 Å². The predicted octanol–water partition coefficient (Wildman–Crippen LogP) is 0.730. The van der Waals surface area contributed by atoms with Gasteiger partial charge >= 0.3 is 0 Å². The number of hydrogen-bond donors (Lipinski definition) is 2. The van der Waals surface area contributed by atoms with E-state index < -0.39 is 0 Å². The van der Waals surface area contributed by atoms with Gasteiger partial charge in [0.05, 0.1) is 19.8 Å². The van der Waals surface area contributed by atoms with E-state index in [1.807, 2.05) is 24.4 Å². The molecule has 6 nitrogen and oxygen atoms in total. The Balaban J connectivity index is 1.51. The molecule has 1 aromatic carbocycles. The predicted molar refractivity (Wildman–Crippen MR) is 86.8 cm³/mol. The number of nitrogens with zero attached hydrogens (tertiary/aromatic N) is 2. The van der Waals surface area contributed by atoms with Gasteiger partial charge in [0.15, 0.2) is 0 Å². The molecule has 0 spiro atoms. The van der Waals surface area contributed by atoms with Gasteiger partial charge in [0.1, 0.15) is 11.9 Å². The van der Waals surface area contributed by atoms with E-state index in [0.717, 1.165) is 18.8 Å². The highest BCUT2D eigenvalue weighted by Gasteiger charge is 2.21. The molecule has 2 heterocycles. The molecule has 122 valence electrons. The largest absolute Gasteiger partial charge is 0.378 e. The van der Waals surface area contributed by atoms with Crippen LogP contribution in [0.15, 0.2) is 42.7 Å². The van der Waals surface area contributed by atoms with Crippen LogP contribution in [0.3, 0.4) is 0 Å². The maximum absolute atomic E-state index is 12.1. The van der Waals surface area contributed by atoms with E-state index in [4.69, 9.17) is 4.74 Å². The standard InChI is InChI=1S/C17H22N4O2/c22-17(15-13-23-11-8-18-15)20-12-16-19-7-10-21(16)9-6-14-4-2-1-3-5-14/h1-5,7,10,15,18H,6,8-9,11-13H2,(H,20,22). The Hall–Kier alpha value is -2.18. The summed E-state index contributed by atoms with van der Waals surface area (Å²) in [6, 6.07) is 10.1. The van der Waals surface area contributed by atoms with E-state index in [2.05, 4.69) is 32.3 Å². The first-order chi connectivity index (χ1) is 11.3. The molecule has 2 N–H and O–H groups in total. The number of hydrogen-bond acceptors (Lipinski definition) is 4. The van der Waals surface area contributed by atoms with Gasteiger partial charge in [-0.2, -0.15) is 0 Å². The van der Waals surface area contributed by atoms with Crippen LogP contribution in [0.1, 0.15) is 11.4 Å². The van der Waals surface area contributed by atoms with Crippen molar-refractivity contribution in [3.05, 3.63) is 54.1 Å². The number of imidazole rings is 1. The molecule has 1 fully saturated rings. The highest BCUT2D eigenvalue weighted by Crippen LogP contribution is 2.04. The Morgan fingerprint density at radius 1 is 1.39 bits per heavy atom. The van der Waals surface area contributed by atoms with Crippen LogP contribution in [0.4, 0.5) is 0 Å². The molecule has 0 bridgehead atoms. The summed E-state index contributed by atoms with van der Waals surface area (Å²) in [5, 5.41) is 6.07. The number of aryl methyl sites for hydroxylation is 2. The lowest BCUT2D eigenvalue weighted by atomic mass is 10.1. The van der Waals surface area contributed by atoms with Gasteiger partial charge in [0.2, 0.25) is 5.91 Å². The Morgan fingerprint density at radius 3 is 3.04 bits per heavy atom. The van der Waals surface area contributed by atoms with E-state index >= 15 is 0 Å². The van der Waals surface area contributed by atoms with Crippen molar-refractivity contribution in [2.45, 2.75) is 25.6 Å². The number of carbonyl (C=O) groups is 1. The minimum Gasteiger partial charge on any atom is -0.378 e. The van der Waals surface area contributed by atoms with Crippen LogP contribution in [-0.2, 0) is 29.0 Å². The van der Waals surface area contributed by atoms with Crippen molar-refractivity contribution in [3.63, 3.8) is 0 Å². The topological polar surface area (TPSA) is 68.2 Å². The van der Waals surface area contributed by atoms with Gasteiger partial charge in [0.25, 0.3) is 0 Å². The molecular formula is C17H22N4O2. The van der Waals surface area contributed by atoms with Gasteiger partial charge in [0, 0.05) is 25.5 Å². The molecule has 0 radical (unpaired) electrons. The third kappa shape index (κ3) is 4.40. The Kier molecular flexibility index (Phi) is 5.39. The lowest BCUT2D eigenvalue weighted by Gasteiger charge is -2.22. The number of rotatable bonds is 6. The third-order valence-corrected chi connectivity index (χ3v) is 3.94. The fourth-order valence-electron chi connectivity index (χ4n) is 2.63. The molecule has 1 amide bonds. The molecule has 2 aromatic rings. The molecule has 1 aliphatic heterocycles.